The van der Waals surface area contributed by atoms with Gasteiger partial charge in [0.2, 0.25) is 23.5 Å². The Labute approximate surface area is 281 Å². The fourth-order valence-electron chi connectivity index (χ4n) is 4.68. The number of anilines is 1. The zero-order valence-corrected chi connectivity index (χ0v) is 27.4. The van der Waals surface area contributed by atoms with Crippen molar-refractivity contribution in [2.24, 2.45) is 11.5 Å². The maximum Gasteiger partial charge on any atom is 0.305 e. The second kappa shape index (κ2) is 17.8. The van der Waals surface area contributed by atoms with Crippen LogP contribution in [0.2, 0.25) is 0 Å². The van der Waals surface area contributed by atoms with Gasteiger partial charge < -0.3 is 61.3 Å². The van der Waals surface area contributed by atoms with E-state index in [-0.39, 0.29) is 24.6 Å². The lowest BCUT2D eigenvalue weighted by Crippen LogP contribution is -2.50. The number of ether oxygens (including phenoxy) is 4. The molecule has 0 fully saturated rings. The highest BCUT2D eigenvalue weighted by molar-refractivity contribution is 5.99. The van der Waals surface area contributed by atoms with Gasteiger partial charge in [0.15, 0.2) is 23.2 Å². The lowest BCUT2D eigenvalue weighted by Gasteiger charge is -2.20. The van der Waals surface area contributed by atoms with Crippen LogP contribution in [0.3, 0.4) is 0 Å². The van der Waals surface area contributed by atoms with E-state index < -0.39 is 48.7 Å². The summed E-state index contributed by atoms with van der Waals surface area (Å²) in [5.74, 6) is -1.84. The molecule has 2 aromatic carbocycles. The van der Waals surface area contributed by atoms with Crippen LogP contribution in [-0.2, 0) is 19.2 Å². The van der Waals surface area contributed by atoms with E-state index >= 15 is 0 Å². The summed E-state index contributed by atoms with van der Waals surface area (Å²) in [6, 6.07) is 5.96. The summed E-state index contributed by atoms with van der Waals surface area (Å²) in [6.07, 6.45) is 1.32. The lowest BCUT2D eigenvalue weighted by atomic mass is 10.0. The van der Waals surface area contributed by atoms with Gasteiger partial charge in [-0.15, -0.1) is 0 Å². The number of nitrogens with zero attached hydrogens (tertiary/aromatic N) is 1. The average Bonchev–Trinajstić information content (AvgIpc) is 3.57. The number of hydrogen-bond acceptors (Lipinski definition) is 12. The van der Waals surface area contributed by atoms with Gasteiger partial charge in [-0.1, -0.05) is 11.2 Å². The Bertz CT molecular complexity index is 1640. The molecule has 0 aliphatic rings. The van der Waals surface area contributed by atoms with E-state index in [4.69, 9.17) is 45.5 Å². The van der Waals surface area contributed by atoms with E-state index in [0.29, 0.717) is 51.9 Å². The molecule has 10 N–H and O–H groups in total. The van der Waals surface area contributed by atoms with Crippen molar-refractivity contribution in [2.75, 3.05) is 46.8 Å². The number of aromatic nitrogens is 1. The Hall–Kier alpha value is -6.04. The van der Waals surface area contributed by atoms with Crippen LogP contribution in [0.4, 0.5) is 5.69 Å². The summed E-state index contributed by atoms with van der Waals surface area (Å²) in [4.78, 5) is 49.2. The second-order valence-corrected chi connectivity index (χ2v) is 10.4. The predicted molar refractivity (Wildman–Crippen MR) is 177 cm³/mol. The molecule has 1 heterocycles. The van der Waals surface area contributed by atoms with Gasteiger partial charge in [-0.2, -0.15) is 0 Å². The Morgan fingerprint density at radius 3 is 2.20 bits per heavy atom. The minimum Gasteiger partial charge on any atom is -0.495 e. The molecule has 0 aliphatic heterocycles. The standard InChI is InChI=1S/C31H40N8O10/c1-45-22-8-7-16(18-14-37-49-27(18)17-11-23(46-2)28(48-4)24(12-17)47-3)10-21(22)39-30(44)20(6-5-9-35-31(33)34)38-25(40)15-36-29(43)19(32)13-26(41)42/h7-8,10-12,14,19-20H,5-6,9,13,15,32H2,1-4H3,(H,36,43)(H,38,40)(H,39,44)(H,41,42)(H4,33,34,35). The molecule has 49 heavy (non-hydrogen) atoms. The van der Waals surface area contributed by atoms with Gasteiger partial charge in [0.1, 0.15) is 11.8 Å². The third-order valence-electron chi connectivity index (χ3n) is 7.06. The summed E-state index contributed by atoms with van der Waals surface area (Å²) < 4.78 is 27.5. The molecule has 264 valence electrons. The first-order valence-corrected chi connectivity index (χ1v) is 14.8. The topological polar surface area (TPSA) is 275 Å². The summed E-state index contributed by atoms with van der Waals surface area (Å²) in [5.41, 5.74) is 12.9. The Kier molecular flexibility index (Phi) is 13.6. The summed E-state index contributed by atoms with van der Waals surface area (Å²) in [5, 5.41) is 30.4. The number of amides is 3. The van der Waals surface area contributed by atoms with Crippen LogP contribution in [0, 0.1) is 5.41 Å². The molecule has 0 saturated carbocycles. The zero-order chi connectivity index (χ0) is 36.1. The molecule has 0 bridgehead atoms. The quantitative estimate of drug-likeness (QED) is 0.0519. The van der Waals surface area contributed by atoms with Crippen molar-refractivity contribution in [2.45, 2.75) is 31.3 Å². The molecule has 2 unspecified atom stereocenters. The van der Waals surface area contributed by atoms with Crippen LogP contribution < -0.4 is 51.7 Å². The van der Waals surface area contributed by atoms with Crippen LogP contribution in [0.5, 0.6) is 23.0 Å². The fourth-order valence-corrected chi connectivity index (χ4v) is 4.68. The third kappa shape index (κ3) is 10.2. The van der Waals surface area contributed by atoms with E-state index in [1.807, 2.05) is 0 Å². The minimum atomic E-state index is -1.36. The number of benzene rings is 2. The van der Waals surface area contributed by atoms with Gasteiger partial charge in [-0.25, -0.2) is 0 Å². The van der Waals surface area contributed by atoms with E-state index in [1.165, 1.54) is 34.6 Å². The van der Waals surface area contributed by atoms with Crippen molar-refractivity contribution < 1.29 is 47.8 Å². The molecule has 3 rings (SSSR count). The van der Waals surface area contributed by atoms with Crippen molar-refractivity contribution in [1.82, 2.24) is 21.1 Å². The first-order valence-electron chi connectivity index (χ1n) is 14.8. The Morgan fingerprint density at radius 1 is 0.939 bits per heavy atom. The number of aliphatic carboxylic acids is 1. The number of methoxy groups -OCH3 is 4. The third-order valence-corrected chi connectivity index (χ3v) is 7.06. The van der Waals surface area contributed by atoms with Crippen molar-refractivity contribution in [3.8, 4) is 45.4 Å². The highest BCUT2D eigenvalue weighted by atomic mass is 16.5. The highest BCUT2D eigenvalue weighted by Gasteiger charge is 2.25. The van der Waals surface area contributed by atoms with Gasteiger partial charge in [0.25, 0.3) is 0 Å². The van der Waals surface area contributed by atoms with Crippen LogP contribution in [0.1, 0.15) is 19.3 Å². The van der Waals surface area contributed by atoms with Crippen LogP contribution in [0.15, 0.2) is 41.1 Å². The highest BCUT2D eigenvalue weighted by Crippen LogP contribution is 2.44. The number of guanidine groups is 1. The SMILES string of the molecule is COc1ccc(-c2cnoc2-c2cc(OC)c(OC)c(OC)c2)cc1NC(=O)C(CCCNC(=N)N)NC(=O)CNC(=O)C(N)CC(=O)O. The number of carboxylic acids is 1. The minimum absolute atomic E-state index is 0.114. The Balaban J connectivity index is 1.87. The van der Waals surface area contributed by atoms with Crippen molar-refractivity contribution in [3.63, 3.8) is 0 Å². The summed E-state index contributed by atoms with van der Waals surface area (Å²) >= 11 is 0. The monoisotopic (exact) mass is 684 g/mol. The molecule has 0 spiro atoms. The maximum absolute atomic E-state index is 13.6. The number of nitrogens with two attached hydrogens (primary N) is 2. The van der Waals surface area contributed by atoms with Crippen LogP contribution in [0.25, 0.3) is 22.5 Å². The average molecular weight is 685 g/mol. The molecular weight excluding hydrogens is 644 g/mol. The van der Waals surface area contributed by atoms with Crippen molar-refractivity contribution in [1.29, 1.82) is 5.41 Å². The number of carboxylic acid groups (broad SMARTS) is 1. The molecule has 2 atom stereocenters. The first-order chi connectivity index (χ1) is 23.4. The van der Waals surface area contributed by atoms with Crippen molar-refractivity contribution in [3.05, 3.63) is 36.5 Å². The van der Waals surface area contributed by atoms with Crippen LogP contribution >= 0.6 is 0 Å². The van der Waals surface area contributed by atoms with E-state index in [1.54, 1.807) is 30.3 Å². The zero-order valence-electron chi connectivity index (χ0n) is 27.4. The van der Waals surface area contributed by atoms with Gasteiger partial charge in [0.05, 0.1) is 59.3 Å². The van der Waals surface area contributed by atoms with Gasteiger partial charge >= 0.3 is 5.97 Å². The number of carbonyl (C=O) groups is 4. The molecule has 0 saturated heterocycles. The van der Waals surface area contributed by atoms with E-state index in [9.17, 15) is 19.2 Å². The molecule has 18 heteroatoms. The summed E-state index contributed by atoms with van der Waals surface area (Å²) in [7, 11) is 5.90. The molecule has 3 aromatic rings. The molecule has 3 amide bonds. The van der Waals surface area contributed by atoms with Gasteiger partial charge in [-0.05, 0) is 42.7 Å². The molecule has 0 aliphatic carbocycles. The maximum atomic E-state index is 13.6. The smallest absolute Gasteiger partial charge is 0.305 e. The second-order valence-electron chi connectivity index (χ2n) is 10.4. The number of carbonyl (C=O) groups excluding carboxylic acids is 3. The molecule has 0 radical (unpaired) electrons. The molecule has 18 nitrogen and oxygen atoms in total. The van der Waals surface area contributed by atoms with E-state index in [0.717, 1.165) is 0 Å². The first kappa shape index (κ1) is 37.4. The van der Waals surface area contributed by atoms with Crippen molar-refractivity contribution >= 4 is 35.3 Å². The van der Waals surface area contributed by atoms with E-state index in [2.05, 4.69) is 26.4 Å². The lowest BCUT2D eigenvalue weighted by molar-refractivity contribution is -0.139. The number of hydrogen-bond donors (Lipinski definition) is 8. The van der Waals surface area contributed by atoms with Gasteiger partial charge in [0, 0.05) is 17.7 Å². The fraction of sp³-hybridized carbons (Fsp3) is 0.355. The predicted octanol–water partition coefficient (Wildman–Crippen LogP) is 0.648. The normalized spacial score (nSPS) is 11.8. The Morgan fingerprint density at radius 2 is 1.61 bits per heavy atom. The van der Waals surface area contributed by atoms with Crippen LogP contribution in [-0.4, -0.2) is 93.5 Å². The summed E-state index contributed by atoms with van der Waals surface area (Å²) in [6.45, 7) is -0.316. The molecular formula is C31H40N8O10. The van der Waals surface area contributed by atoms with Gasteiger partial charge in [-0.3, -0.25) is 24.6 Å². The number of rotatable bonds is 18. The largest absolute Gasteiger partial charge is 0.495 e. The molecule has 1 aromatic heterocycles. The number of nitrogens with one attached hydrogen (secondary N) is 5.